The highest BCUT2D eigenvalue weighted by Gasteiger charge is 2.53. The molecule has 1 saturated heterocycles. The van der Waals surface area contributed by atoms with Crippen molar-refractivity contribution in [3.63, 3.8) is 0 Å². The summed E-state index contributed by atoms with van der Waals surface area (Å²) in [6.45, 7) is 8.42. The molecule has 0 saturated carbocycles. The van der Waals surface area contributed by atoms with Crippen LogP contribution in [0.2, 0.25) is 5.04 Å². The van der Waals surface area contributed by atoms with Crippen LogP contribution in [-0.4, -0.2) is 97.5 Å². The van der Waals surface area contributed by atoms with Gasteiger partial charge < -0.3 is 19.0 Å². The van der Waals surface area contributed by atoms with Crippen molar-refractivity contribution in [2.75, 3.05) is 40.0 Å². The smallest absolute Gasteiger partial charge is 0.354 e. The summed E-state index contributed by atoms with van der Waals surface area (Å²) in [6, 6.07) is 27.0. The molecule has 280 valence electrons. The Hall–Kier alpha value is -4.38. The van der Waals surface area contributed by atoms with Crippen molar-refractivity contribution in [3.8, 4) is 0 Å². The minimum Gasteiger partial charge on any atom is -0.405 e. The lowest BCUT2D eigenvalue weighted by atomic mass is 10.1. The van der Waals surface area contributed by atoms with Gasteiger partial charge in [0, 0.05) is 11.8 Å². The summed E-state index contributed by atoms with van der Waals surface area (Å²) in [5.41, 5.74) is 2.67. The van der Waals surface area contributed by atoms with Crippen molar-refractivity contribution in [1.29, 1.82) is 0 Å². The van der Waals surface area contributed by atoms with Crippen LogP contribution in [0.15, 0.2) is 101 Å². The van der Waals surface area contributed by atoms with Gasteiger partial charge in [0.1, 0.15) is 24.9 Å². The van der Waals surface area contributed by atoms with Gasteiger partial charge in [0.25, 0.3) is 13.9 Å². The number of hydroxylamine groups is 1. The third kappa shape index (κ3) is 7.29. The Morgan fingerprint density at radius 3 is 2.02 bits per heavy atom. The van der Waals surface area contributed by atoms with Crippen LogP contribution in [0.4, 0.5) is 0 Å². The van der Waals surface area contributed by atoms with Crippen LogP contribution in [0.1, 0.15) is 53.3 Å². The zero-order valence-electron chi connectivity index (χ0n) is 30.6. The molecule has 3 N–H and O–H groups in total. The maximum atomic E-state index is 13.0. The molecule has 14 heteroatoms. The Morgan fingerprint density at radius 1 is 0.887 bits per heavy atom. The first kappa shape index (κ1) is 38.3. The molecule has 3 heterocycles. The largest absolute Gasteiger partial charge is 0.405 e. The first-order valence-electron chi connectivity index (χ1n) is 17.7. The minimum absolute atomic E-state index is 0.00171. The number of rotatable bonds is 14. The number of aromatic amines is 1. The fourth-order valence-corrected chi connectivity index (χ4v) is 11.9. The van der Waals surface area contributed by atoms with Gasteiger partial charge >= 0.3 is 17.5 Å². The quantitative estimate of drug-likeness (QED) is 0.0574. The van der Waals surface area contributed by atoms with Gasteiger partial charge in [0.15, 0.2) is 6.23 Å². The van der Waals surface area contributed by atoms with Crippen LogP contribution in [0, 0.1) is 6.92 Å². The van der Waals surface area contributed by atoms with E-state index in [9.17, 15) is 24.3 Å². The number of amides is 2. The van der Waals surface area contributed by atoms with Gasteiger partial charge in [-0.25, -0.2) is 14.4 Å². The molecule has 53 heavy (non-hydrogen) atoms. The van der Waals surface area contributed by atoms with Crippen molar-refractivity contribution in [2.45, 2.75) is 57.3 Å². The van der Waals surface area contributed by atoms with E-state index in [1.807, 2.05) is 36.4 Å². The Balaban J connectivity index is 1.15. The van der Waals surface area contributed by atoms with Gasteiger partial charge in [-0.05, 0) is 34.5 Å². The van der Waals surface area contributed by atoms with Crippen LogP contribution in [0.25, 0.3) is 0 Å². The van der Waals surface area contributed by atoms with Crippen LogP contribution in [-0.2, 0) is 18.7 Å². The third-order valence-electron chi connectivity index (χ3n) is 10.2. The molecule has 3 aromatic carbocycles. The van der Waals surface area contributed by atoms with E-state index in [-0.39, 0.29) is 55.3 Å². The summed E-state index contributed by atoms with van der Waals surface area (Å²) in [4.78, 5) is 59.1. The summed E-state index contributed by atoms with van der Waals surface area (Å²) < 4.78 is 20.4. The monoisotopic (exact) mass is 743 g/mol. The van der Waals surface area contributed by atoms with E-state index in [2.05, 4.69) is 55.5 Å². The first-order valence-corrected chi connectivity index (χ1v) is 19.6. The van der Waals surface area contributed by atoms with Crippen LogP contribution in [0.5, 0.6) is 0 Å². The van der Waals surface area contributed by atoms with Crippen LogP contribution in [0.3, 0.4) is 0 Å². The van der Waals surface area contributed by atoms with Gasteiger partial charge in [-0.15, -0.1) is 0 Å². The Bertz CT molecular complexity index is 1970. The highest BCUT2D eigenvalue weighted by atomic mass is 28.4. The highest BCUT2D eigenvalue weighted by Crippen LogP contribution is 2.38. The number of carbonyl (C=O) groups excluding carboxylic acids is 2. The lowest BCUT2D eigenvalue weighted by molar-refractivity contribution is -0.739. The number of H-pyrrole nitrogens is 1. The number of ether oxygens (including phenoxy) is 2. The number of benzene rings is 3. The second-order valence-corrected chi connectivity index (χ2v) is 19.0. The van der Waals surface area contributed by atoms with E-state index in [1.165, 1.54) is 10.8 Å². The van der Waals surface area contributed by atoms with Crippen LogP contribution < -0.4 is 27.1 Å². The fourth-order valence-electron chi connectivity index (χ4n) is 7.33. The molecule has 2 aliphatic rings. The number of likely N-dealkylation sites (N-methyl/N-ethyl adjacent to an activating group) is 1. The average molecular weight is 744 g/mol. The summed E-state index contributed by atoms with van der Waals surface area (Å²) in [5.74, 6) is -0.531. The van der Waals surface area contributed by atoms with Gasteiger partial charge in [0.05, 0.1) is 44.5 Å². The SMILES string of the molecule is Cc1cn([C@@H]2O[C@H](CO[Si](c3ccccc3)(c3ccccc3)C(C)(C)C)[C@@H](O)[C@H]2OCCONCC[N+]2(C)C(=O)c3ccccc3C2=O)c(=O)[nH]c1=O. The number of carbonyl (C=O) groups is 2. The molecule has 2 aliphatic heterocycles. The zero-order chi connectivity index (χ0) is 38.0. The van der Waals surface area contributed by atoms with Gasteiger partial charge in [-0.1, -0.05) is 93.6 Å². The summed E-state index contributed by atoms with van der Waals surface area (Å²) in [5, 5.41) is 13.5. The molecule has 4 atom stereocenters. The lowest BCUT2D eigenvalue weighted by Crippen LogP contribution is -2.67. The number of nitrogens with one attached hydrogen (secondary N) is 2. The topological polar surface area (TPSA) is 158 Å². The van der Waals surface area contributed by atoms with Crippen molar-refractivity contribution >= 4 is 30.5 Å². The number of aryl methyl sites for hydroxylation is 1. The number of aliphatic hydroxyl groups is 1. The first-order chi connectivity index (χ1) is 25.3. The number of fused-ring (bicyclic) bond motifs is 1. The predicted octanol–water partition coefficient (Wildman–Crippen LogP) is 2.03. The fraction of sp³-hybridized carbons (Fsp3) is 0.385. The molecule has 0 unspecified atom stereocenters. The van der Waals surface area contributed by atoms with Crippen molar-refractivity contribution < 1.29 is 37.9 Å². The number of aromatic nitrogens is 2. The standard InChI is InChI=1S/C39H46N4O9Si/c1-26-24-42(38(48)41-34(26)45)35-33(49-22-23-50-40-20-21-43(5)36(46)29-18-12-13-19-30(29)37(43)47)32(44)31(52-35)25-51-53(39(2,3)4,27-14-8-6-9-15-27)28-16-10-7-11-17-28/h6-19,24,31-33,35,40,44H,20-23,25H2,1-5H3/p+1/t31-,32-,33-,35-/m1/s1. The lowest BCUT2D eigenvalue weighted by Gasteiger charge is -2.43. The zero-order valence-corrected chi connectivity index (χ0v) is 31.6. The number of hydrogen-bond acceptors (Lipinski definition) is 10. The van der Waals surface area contributed by atoms with Crippen molar-refractivity contribution in [2.24, 2.45) is 0 Å². The van der Waals surface area contributed by atoms with E-state index >= 15 is 0 Å². The van der Waals surface area contributed by atoms with E-state index in [0.717, 1.165) is 10.4 Å². The molecular weight excluding hydrogens is 697 g/mol. The number of imide groups is 1. The van der Waals surface area contributed by atoms with Gasteiger partial charge in [-0.3, -0.25) is 19.2 Å². The maximum Gasteiger partial charge on any atom is 0.354 e. The van der Waals surface area contributed by atoms with Gasteiger partial charge in [-0.2, -0.15) is 9.96 Å². The molecule has 13 nitrogen and oxygen atoms in total. The summed E-state index contributed by atoms with van der Waals surface area (Å²) in [6.07, 6.45) is -2.84. The van der Waals surface area contributed by atoms with Crippen molar-refractivity contribution in [3.05, 3.63) is 129 Å². The van der Waals surface area contributed by atoms with E-state index in [0.29, 0.717) is 11.1 Å². The van der Waals surface area contributed by atoms with Gasteiger partial charge in [0.2, 0.25) is 0 Å². The Morgan fingerprint density at radius 2 is 1.45 bits per heavy atom. The Kier molecular flexibility index (Phi) is 11.2. The van der Waals surface area contributed by atoms with E-state index < -0.39 is 48.6 Å². The predicted molar refractivity (Wildman–Crippen MR) is 199 cm³/mol. The molecule has 4 aromatic rings. The molecule has 0 aliphatic carbocycles. The number of hydrogen-bond donors (Lipinski definition) is 3. The minimum atomic E-state index is -3.00. The second-order valence-electron chi connectivity index (χ2n) is 14.7. The molecule has 0 bridgehead atoms. The highest BCUT2D eigenvalue weighted by molar-refractivity contribution is 6.99. The van der Waals surface area contributed by atoms with Crippen molar-refractivity contribution in [1.82, 2.24) is 15.0 Å². The molecule has 0 radical (unpaired) electrons. The number of quaternary nitrogens is 1. The van der Waals surface area contributed by atoms with E-state index in [1.54, 1.807) is 38.2 Å². The molecule has 0 spiro atoms. The van der Waals surface area contributed by atoms with E-state index in [4.69, 9.17) is 18.7 Å². The average Bonchev–Trinajstić information content (AvgIpc) is 3.55. The normalized spacial score (nSPS) is 21.2. The number of nitrogens with zero attached hydrogens (tertiary/aromatic N) is 2. The molecule has 1 fully saturated rings. The number of aliphatic hydroxyl groups excluding tert-OH is 1. The van der Waals surface area contributed by atoms with Crippen LogP contribution >= 0.6 is 0 Å². The molecular formula is C39H47N4O9Si+. The maximum absolute atomic E-state index is 13.0. The summed E-state index contributed by atoms with van der Waals surface area (Å²) >= 11 is 0. The molecule has 1 aromatic heterocycles. The summed E-state index contributed by atoms with van der Waals surface area (Å²) in [7, 11) is -1.41. The third-order valence-corrected chi connectivity index (χ3v) is 15.2. The molecule has 2 amide bonds. The Labute approximate surface area is 308 Å². The molecule has 6 rings (SSSR count). The second kappa shape index (κ2) is 15.5.